The molecular formula is C49H56F3N13O5. The zero-order chi connectivity index (χ0) is 49.7. The summed E-state index contributed by atoms with van der Waals surface area (Å²) >= 11 is 0. The van der Waals surface area contributed by atoms with Crippen LogP contribution in [0.1, 0.15) is 75.9 Å². The van der Waals surface area contributed by atoms with Crippen molar-refractivity contribution < 1.29 is 27.4 Å². The average Bonchev–Trinajstić information content (AvgIpc) is 3.96. The summed E-state index contributed by atoms with van der Waals surface area (Å²) in [7, 11) is 1.65. The number of benzene rings is 2. The zero-order valence-corrected chi connectivity index (χ0v) is 40.2. The highest BCUT2D eigenvalue weighted by atomic mass is 19.3. The molecule has 70 heavy (non-hydrogen) atoms. The number of nitriles is 2. The molecule has 6 atom stereocenters. The van der Waals surface area contributed by atoms with Gasteiger partial charge in [-0.3, -0.25) is 28.5 Å². The van der Waals surface area contributed by atoms with Crippen LogP contribution in [0, 0.1) is 28.5 Å². The number of alkyl halides is 2. The van der Waals surface area contributed by atoms with Crippen LogP contribution in [0.15, 0.2) is 58.4 Å². The lowest BCUT2D eigenvalue weighted by Crippen LogP contribution is -2.57. The van der Waals surface area contributed by atoms with Gasteiger partial charge in [-0.05, 0) is 82.5 Å². The van der Waals surface area contributed by atoms with E-state index in [4.69, 9.17) is 14.6 Å². The maximum atomic E-state index is 14.6. The molecule has 0 bridgehead atoms. The van der Waals surface area contributed by atoms with E-state index in [1.54, 1.807) is 36.1 Å². The Morgan fingerprint density at radius 2 is 1.43 bits per heavy atom. The quantitative estimate of drug-likeness (QED) is 0.137. The van der Waals surface area contributed by atoms with E-state index >= 15 is 0 Å². The lowest BCUT2D eigenvalue weighted by Gasteiger charge is -2.48. The Balaban J connectivity index is 1.00. The van der Waals surface area contributed by atoms with Crippen molar-refractivity contribution in [1.29, 1.82) is 10.5 Å². The van der Waals surface area contributed by atoms with Crippen LogP contribution < -0.4 is 30.5 Å². The number of aromatic nitrogens is 7. The molecular weight excluding hydrogens is 908 g/mol. The summed E-state index contributed by atoms with van der Waals surface area (Å²) in [5, 5.41) is 28.6. The molecule has 0 amide bonds. The van der Waals surface area contributed by atoms with Crippen LogP contribution >= 0.6 is 0 Å². The summed E-state index contributed by atoms with van der Waals surface area (Å²) in [5.74, 6) is 1.08. The van der Waals surface area contributed by atoms with Crippen molar-refractivity contribution in [2.45, 2.75) is 111 Å². The summed E-state index contributed by atoms with van der Waals surface area (Å²) in [5.41, 5.74) is 4.95. The molecule has 18 nitrogen and oxygen atoms in total. The Hall–Kier alpha value is -6.94. The minimum Gasteiger partial charge on any atom is -0.486 e. The molecule has 0 aliphatic carbocycles. The molecule has 0 N–H and O–H groups in total. The Morgan fingerprint density at radius 1 is 0.786 bits per heavy atom. The number of hydrogen-bond donors (Lipinski definition) is 0. The summed E-state index contributed by atoms with van der Waals surface area (Å²) in [6.45, 7) is 12.0. The molecule has 4 aromatic heterocycles. The average molecular weight is 964 g/mol. The molecule has 2 aromatic carbocycles. The van der Waals surface area contributed by atoms with Crippen molar-refractivity contribution in [2.75, 3.05) is 49.2 Å². The van der Waals surface area contributed by atoms with Gasteiger partial charge in [0.1, 0.15) is 37.6 Å². The third-order valence-electron chi connectivity index (χ3n) is 14.2. The van der Waals surface area contributed by atoms with E-state index in [9.17, 15) is 33.3 Å². The van der Waals surface area contributed by atoms with E-state index in [-0.39, 0.29) is 61.4 Å². The molecule has 21 heteroatoms. The van der Waals surface area contributed by atoms with Gasteiger partial charge in [0, 0.05) is 81.1 Å². The van der Waals surface area contributed by atoms with Crippen molar-refractivity contribution >= 4 is 33.6 Å². The van der Waals surface area contributed by atoms with Crippen molar-refractivity contribution in [3.8, 4) is 23.6 Å². The number of ether oxygens (including phenoxy) is 3. The van der Waals surface area contributed by atoms with Gasteiger partial charge in [-0.2, -0.15) is 34.5 Å². The fourth-order valence-corrected chi connectivity index (χ4v) is 10.6. The molecule has 368 valence electrons. The van der Waals surface area contributed by atoms with Crippen molar-refractivity contribution in [3.63, 3.8) is 0 Å². The number of hydrogen-bond acceptors (Lipinski definition) is 14. The van der Waals surface area contributed by atoms with Crippen LogP contribution in [-0.2, 0) is 38.0 Å². The molecule has 3 aliphatic rings. The van der Waals surface area contributed by atoms with E-state index in [1.165, 1.54) is 26.1 Å². The van der Waals surface area contributed by atoms with Gasteiger partial charge in [0.15, 0.2) is 22.8 Å². The fraction of sp³-hybridized carbons (Fsp3) is 0.490. The SMILES string of the molecule is CC(c1cc(Cn2c(=O)cc(N3C[C@@H](C)N(C(C)c4ccc(F)cc4COC(F)F)C[C@@H]3C)c3nn(CC#N)cc32)c2c(c1)OCCO2)N1C[C@H](C)N(c2nc(=O)n(C)c3cn(CC#N)nc23)C[C@H]1C. The maximum absolute atomic E-state index is 14.6. The Labute approximate surface area is 402 Å². The second-order valence-electron chi connectivity index (χ2n) is 18.7. The molecule has 0 saturated carbocycles. The number of anilines is 2. The number of pyridine rings is 1. The molecule has 0 spiro atoms. The van der Waals surface area contributed by atoms with Crippen molar-refractivity contribution in [1.82, 2.24) is 43.5 Å². The van der Waals surface area contributed by atoms with Gasteiger partial charge >= 0.3 is 12.3 Å². The van der Waals surface area contributed by atoms with Crippen LogP contribution in [0.2, 0.25) is 0 Å². The lowest BCUT2D eigenvalue weighted by molar-refractivity contribution is -0.137. The van der Waals surface area contributed by atoms with Gasteiger partial charge in [-0.25, -0.2) is 9.18 Å². The molecule has 9 rings (SSSR count). The third kappa shape index (κ3) is 9.04. The fourth-order valence-electron chi connectivity index (χ4n) is 10.6. The number of nitrogens with zero attached hydrogens (tertiary/aromatic N) is 13. The lowest BCUT2D eigenvalue weighted by atomic mass is 9.96. The van der Waals surface area contributed by atoms with Crippen molar-refractivity contribution in [3.05, 3.63) is 97.7 Å². The highest BCUT2D eigenvalue weighted by molar-refractivity contribution is 5.89. The van der Waals surface area contributed by atoms with E-state index in [0.717, 1.165) is 11.1 Å². The molecule has 0 radical (unpaired) electrons. The van der Waals surface area contributed by atoms with Crippen LogP contribution in [0.3, 0.4) is 0 Å². The monoisotopic (exact) mass is 963 g/mol. The summed E-state index contributed by atoms with van der Waals surface area (Å²) in [4.78, 5) is 41.0. The predicted octanol–water partition coefficient (Wildman–Crippen LogP) is 5.71. The number of piperazine rings is 2. The minimum absolute atomic E-state index is 0.00572. The summed E-state index contributed by atoms with van der Waals surface area (Å²) in [6, 6.07) is 13.4. The van der Waals surface area contributed by atoms with Gasteiger partial charge in [0.2, 0.25) is 0 Å². The van der Waals surface area contributed by atoms with Gasteiger partial charge in [0.25, 0.3) is 5.56 Å². The van der Waals surface area contributed by atoms with E-state index in [1.807, 2.05) is 19.9 Å². The van der Waals surface area contributed by atoms with E-state index in [2.05, 4.69) is 80.3 Å². The van der Waals surface area contributed by atoms with Crippen LogP contribution in [-0.4, -0.2) is 114 Å². The first-order valence-electron chi connectivity index (χ1n) is 23.5. The van der Waals surface area contributed by atoms with Crippen molar-refractivity contribution in [2.24, 2.45) is 7.05 Å². The second-order valence-corrected chi connectivity index (χ2v) is 18.7. The first kappa shape index (κ1) is 48.1. The normalized spacial score (nSPS) is 20.8. The minimum atomic E-state index is -2.99. The smallest absolute Gasteiger partial charge is 0.349 e. The molecule has 3 aliphatic heterocycles. The predicted molar refractivity (Wildman–Crippen MR) is 254 cm³/mol. The molecule has 2 fully saturated rings. The number of rotatable bonds is 13. The maximum Gasteiger partial charge on any atom is 0.349 e. The van der Waals surface area contributed by atoms with Gasteiger partial charge in [-0.15, -0.1) is 0 Å². The topological polar surface area (TPSA) is 181 Å². The zero-order valence-electron chi connectivity index (χ0n) is 40.2. The number of fused-ring (bicyclic) bond motifs is 3. The molecule has 7 heterocycles. The highest BCUT2D eigenvalue weighted by Crippen LogP contribution is 2.41. The molecule has 6 aromatic rings. The Morgan fingerprint density at radius 3 is 2.13 bits per heavy atom. The van der Waals surface area contributed by atoms with Crippen LogP contribution in [0.4, 0.5) is 24.7 Å². The second kappa shape index (κ2) is 19.5. The Kier molecular flexibility index (Phi) is 13.4. The molecule has 2 unspecified atom stereocenters. The van der Waals surface area contributed by atoms with E-state index in [0.29, 0.717) is 95.6 Å². The standard InChI is InChI=1S/C49H56F3N13O5/c1-28-22-63(30(3)20-62(28)33(6)38-9-8-37(50)17-36(38)27-70-48(51)52)39-19-43(66)65(41-26-60(13-11-54)56-44(39)41)24-35-16-34(18-42-46(35)69-15-14-68-42)32(5)61-21-31(4)64(23-29(61)2)47-45-40(58(7)49(67)55-47)25-59(57-45)12-10-53/h8-9,16-19,25-26,28-33,48H,12-15,20-24,27H2,1-7H3/t28-,29-,30+,31+,32?,33?/m1/s1. The summed E-state index contributed by atoms with van der Waals surface area (Å²) in [6.07, 6.45) is 3.43. The largest absolute Gasteiger partial charge is 0.486 e. The third-order valence-corrected chi connectivity index (χ3v) is 14.2. The van der Waals surface area contributed by atoms with Gasteiger partial charge in [0.05, 0.1) is 54.4 Å². The number of aryl methyl sites for hydroxylation is 1. The first-order chi connectivity index (χ1) is 33.5. The molecule has 2 saturated heterocycles. The highest BCUT2D eigenvalue weighted by Gasteiger charge is 2.37. The number of halogens is 3. The van der Waals surface area contributed by atoms with Crippen LogP contribution in [0.5, 0.6) is 11.5 Å². The van der Waals surface area contributed by atoms with Gasteiger partial charge < -0.3 is 28.6 Å². The summed E-state index contributed by atoms with van der Waals surface area (Å²) < 4.78 is 63.6. The van der Waals surface area contributed by atoms with Crippen LogP contribution in [0.25, 0.3) is 22.1 Å². The van der Waals surface area contributed by atoms with Gasteiger partial charge in [-0.1, -0.05) is 6.07 Å². The first-order valence-corrected chi connectivity index (χ1v) is 23.5. The Bertz CT molecular complexity index is 3160. The van der Waals surface area contributed by atoms with E-state index < -0.39 is 24.7 Å².